The molecular weight excluding hydrogens is 254 g/mol. The van der Waals surface area contributed by atoms with Gasteiger partial charge < -0.3 is 15.8 Å². The Morgan fingerprint density at radius 2 is 2.25 bits per heavy atom. The second kappa shape index (κ2) is 6.41. The summed E-state index contributed by atoms with van der Waals surface area (Å²) in [5, 5.41) is 11.7. The average Bonchev–Trinajstić information content (AvgIpc) is 2.53. The van der Waals surface area contributed by atoms with E-state index >= 15 is 0 Å². The molecule has 3 N–H and O–H groups in total. The van der Waals surface area contributed by atoms with Gasteiger partial charge in [0.2, 0.25) is 0 Å². The maximum atomic E-state index is 12.5. The fourth-order valence-electron chi connectivity index (χ4n) is 2.63. The maximum absolute atomic E-state index is 12.5. The molecule has 1 aromatic rings. The smallest absolute Gasteiger partial charge is 0.253 e. The predicted molar refractivity (Wildman–Crippen MR) is 77.9 cm³/mol. The Kier molecular flexibility index (Phi) is 4.61. The first-order valence-electron chi connectivity index (χ1n) is 7.03. The van der Waals surface area contributed by atoms with E-state index in [1.807, 2.05) is 4.90 Å². The lowest BCUT2D eigenvalue weighted by Gasteiger charge is -2.32. The number of likely N-dealkylation sites (tertiary alicyclic amines) is 1. The van der Waals surface area contributed by atoms with Gasteiger partial charge in [0.15, 0.2) is 5.84 Å². The summed E-state index contributed by atoms with van der Waals surface area (Å²) >= 11 is 0. The molecule has 20 heavy (non-hydrogen) atoms. The van der Waals surface area contributed by atoms with E-state index in [9.17, 15) is 4.79 Å². The van der Waals surface area contributed by atoms with Crippen LogP contribution in [0.2, 0.25) is 0 Å². The number of piperidine rings is 1. The zero-order valence-corrected chi connectivity index (χ0v) is 11.7. The summed E-state index contributed by atoms with van der Waals surface area (Å²) < 4.78 is 0. The second-order valence-corrected chi connectivity index (χ2v) is 5.23. The van der Waals surface area contributed by atoms with Crippen molar-refractivity contribution in [3.05, 3.63) is 35.4 Å². The monoisotopic (exact) mass is 275 g/mol. The molecule has 0 radical (unpaired) electrons. The van der Waals surface area contributed by atoms with Crippen molar-refractivity contribution in [2.45, 2.75) is 26.2 Å². The first-order valence-corrected chi connectivity index (χ1v) is 7.03. The van der Waals surface area contributed by atoms with E-state index in [1.165, 1.54) is 6.42 Å². The molecule has 2 rings (SSSR count). The molecule has 5 heteroatoms. The quantitative estimate of drug-likeness (QED) is 0.383. The van der Waals surface area contributed by atoms with Crippen LogP contribution in [0, 0.1) is 5.92 Å². The molecule has 1 aliphatic rings. The number of hydrogen-bond acceptors (Lipinski definition) is 3. The van der Waals surface area contributed by atoms with E-state index in [0.29, 0.717) is 17.0 Å². The van der Waals surface area contributed by atoms with Crippen molar-refractivity contribution < 1.29 is 10.0 Å². The molecule has 108 valence electrons. The standard InChI is InChI=1S/C15H21N3O2/c1-2-11-5-4-8-18(10-11)15(19)13-7-3-6-12(9-13)14(16)17-20/h3,6-7,9,11,20H,2,4-5,8,10H2,1H3,(H2,16,17). The third-order valence-corrected chi connectivity index (χ3v) is 3.90. The normalized spacial score (nSPS) is 19.9. The Morgan fingerprint density at radius 1 is 1.50 bits per heavy atom. The molecule has 1 atom stereocenters. The van der Waals surface area contributed by atoms with Gasteiger partial charge in [-0.05, 0) is 30.9 Å². The van der Waals surface area contributed by atoms with Crippen LogP contribution in [0.25, 0.3) is 0 Å². The molecule has 5 nitrogen and oxygen atoms in total. The van der Waals surface area contributed by atoms with Crippen molar-refractivity contribution in [3.63, 3.8) is 0 Å². The highest BCUT2D eigenvalue weighted by Gasteiger charge is 2.23. The van der Waals surface area contributed by atoms with Gasteiger partial charge in [-0.25, -0.2) is 0 Å². The van der Waals surface area contributed by atoms with E-state index in [4.69, 9.17) is 10.9 Å². The predicted octanol–water partition coefficient (Wildman–Crippen LogP) is 2.04. The lowest BCUT2D eigenvalue weighted by molar-refractivity contribution is 0.0671. The zero-order chi connectivity index (χ0) is 14.5. The number of rotatable bonds is 3. The van der Waals surface area contributed by atoms with E-state index in [2.05, 4.69) is 12.1 Å². The molecule has 1 unspecified atom stereocenters. The molecule has 1 amide bonds. The van der Waals surface area contributed by atoms with Gasteiger partial charge in [-0.2, -0.15) is 0 Å². The summed E-state index contributed by atoms with van der Waals surface area (Å²) in [6, 6.07) is 6.91. The van der Waals surface area contributed by atoms with Crippen LogP contribution < -0.4 is 5.73 Å². The molecular formula is C15H21N3O2. The Labute approximate surface area is 119 Å². The highest BCUT2D eigenvalue weighted by Crippen LogP contribution is 2.21. The van der Waals surface area contributed by atoms with Crippen LogP contribution in [0.5, 0.6) is 0 Å². The van der Waals surface area contributed by atoms with Gasteiger partial charge in [-0.3, -0.25) is 4.79 Å². The molecule has 0 aromatic heterocycles. The number of carbonyl (C=O) groups excluding carboxylic acids is 1. The first-order chi connectivity index (χ1) is 9.65. The van der Waals surface area contributed by atoms with Gasteiger partial charge in [-0.15, -0.1) is 0 Å². The molecule has 1 aromatic carbocycles. The minimum absolute atomic E-state index is 0.0183. The Balaban J connectivity index is 2.16. The van der Waals surface area contributed by atoms with Crippen molar-refractivity contribution >= 4 is 11.7 Å². The summed E-state index contributed by atoms with van der Waals surface area (Å²) in [5.41, 5.74) is 6.71. The number of hydrogen-bond donors (Lipinski definition) is 2. The molecule has 0 saturated carbocycles. The summed E-state index contributed by atoms with van der Waals surface area (Å²) in [4.78, 5) is 14.4. The number of nitrogens with two attached hydrogens (primary N) is 1. The third-order valence-electron chi connectivity index (χ3n) is 3.90. The molecule has 1 saturated heterocycles. The van der Waals surface area contributed by atoms with Crippen molar-refractivity contribution in [2.75, 3.05) is 13.1 Å². The number of benzene rings is 1. The summed E-state index contributed by atoms with van der Waals surface area (Å²) in [7, 11) is 0. The van der Waals surface area contributed by atoms with E-state index < -0.39 is 0 Å². The van der Waals surface area contributed by atoms with Crippen LogP contribution in [0.15, 0.2) is 29.4 Å². The first kappa shape index (κ1) is 14.4. The molecule has 1 heterocycles. The average molecular weight is 275 g/mol. The largest absolute Gasteiger partial charge is 0.409 e. The summed E-state index contributed by atoms with van der Waals surface area (Å²) in [5.74, 6) is 0.639. The Morgan fingerprint density at radius 3 is 2.95 bits per heavy atom. The van der Waals surface area contributed by atoms with Crippen molar-refractivity contribution in [2.24, 2.45) is 16.8 Å². The van der Waals surface area contributed by atoms with Gasteiger partial charge in [0.1, 0.15) is 0 Å². The van der Waals surface area contributed by atoms with Crippen LogP contribution in [-0.2, 0) is 0 Å². The number of amides is 1. The van der Waals surface area contributed by atoms with Crippen molar-refractivity contribution in [1.29, 1.82) is 0 Å². The van der Waals surface area contributed by atoms with Crippen molar-refractivity contribution in [3.8, 4) is 0 Å². The number of amidine groups is 1. The minimum Gasteiger partial charge on any atom is -0.409 e. The van der Waals surface area contributed by atoms with Crippen LogP contribution in [0.4, 0.5) is 0 Å². The third kappa shape index (κ3) is 3.10. The minimum atomic E-state index is 0.0183. The number of carbonyl (C=O) groups is 1. The van der Waals surface area contributed by atoms with Crippen LogP contribution >= 0.6 is 0 Å². The van der Waals surface area contributed by atoms with E-state index in [-0.39, 0.29) is 11.7 Å². The fourth-order valence-corrected chi connectivity index (χ4v) is 2.63. The highest BCUT2D eigenvalue weighted by atomic mass is 16.4. The number of nitrogens with zero attached hydrogens (tertiary/aromatic N) is 2. The Hall–Kier alpha value is -2.04. The molecule has 0 bridgehead atoms. The van der Waals surface area contributed by atoms with Gasteiger partial charge in [0.05, 0.1) is 0 Å². The summed E-state index contributed by atoms with van der Waals surface area (Å²) in [6.45, 7) is 3.80. The number of oxime groups is 1. The van der Waals surface area contributed by atoms with Gasteiger partial charge >= 0.3 is 0 Å². The van der Waals surface area contributed by atoms with Gasteiger partial charge in [0, 0.05) is 24.2 Å². The van der Waals surface area contributed by atoms with Gasteiger partial charge in [0.25, 0.3) is 5.91 Å². The SMILES string of the molecule is CCC1CCCN(C(=O)c2cccc(/C(N)=N/O)c2)C1. The lowest BCUT2D eigenvalue weighted by atomic mass is 9.95. The zero-order valence-electron chi connectivity index (χ0n) is 11.7. The molecule has 1 aliphatic heterocycles. The molecule has 0 spiro atoms. The van der Waals surface area contributed by atoms with E-state index in [0.717, 1.165) is 25.9 Å². The lowest BCUT2D eigenvalue weighted by Crippen LogP contribution is -2.39. The van der Waals surface area contributed by atoms with E-state index in [1.54, 1.807) is 24.3 Å². The van der Waals surface area contributed by atoms with Crippen molar-refractivity contribution in [1.82, 2.24) is 4.90 Å². The fraction of sp³-hybridized carbons (Fsp3) is 0.467. The highest BCUT2D eigenvalue weighted by molar-refractivity contribution is 6.01. The molecule has 1 fully saturated rings. The summed E-state index contributed by atoms with van der Waals surface area (Å²) in [6.07, 6.45) is 3.36. The van der Waals surface area contributed by atoms with Crippen LogP contribution in [0.3, 0.4) is 0 Å². The second-order valence-electron chi connectivity index (χ2n) is 5.23. The Bertz CT molecular complexity index is 514. The maximum Gasteiger partial charge on any atom is 0.253 e. The van der Waals surface area contributed by atoms with Gasteiger partial charge in [-0.1, -0.05) is 30.6 Å². The topological polar surface area (TPSA) is 78.9 Å². The van der Waals surface area contributed by atoms with Crippen LogP contribution in [-0.4, -0.2) is 34.9 Å². The molecule has 0 aliphatic carbocycles. The van der Waals surface area contributed by atoms with Crippen LogP contribution in [0.1, 0.15) is 42.1 Å².